The van der Waals surface area contributed by atoms with Gasteiger partial charge in [-0.25, -0.2) is 4.98 Å². The van der Waals surface area contributed by atoms with Crippen molar-refractivity contribution in [3.63, 3.8) is 0 Å². The number of carbonyl (C=O) groups excluding carboxylic acids is 1. The predicted octanol–water partition coefficient (Wildman–Crippen LogP) is 2.82. The van der Waals surface area contributed by atoms with Crippen molar-refractivity contribution in [3.05, 3.63) is 27.1 Å². The topological polar surface area (TPSA) is 64.4 Å². The summed E-state index contributed by atoms with van der Waals surface area (Å²) >= 11 is 1.33. The molecule has 1 fully saturated rings. The van der Waals surface area contributed by atoms with Crippen molar-refractivity contribution in [1.29, 1.82) is 0 Å². The Morgan fingerprint density at radius 1 is 1.44 bits per heavy atom. The first-order valence-corrected chi connectivity index (χ1v) is 9.73. The van der Waals surface area contributed by atoms with Crippen molar-refractivity contribution >= 4 is 27.5 Å². The Hall–Kier alpha value is -1.73. The van der Waals surface area contributed by atoms with E-state index in [-0.39, 0.29) is 17.5 Å². The maximum absolute atomic E-state index is 13.0. The number of fused-ring (bicyclic) bond motifs is 1. The van der Waals surface area contributed by atoms with E-state index in [0.29, 0.717) is 34.9 Å². The van der Waals surface area contributed by atoms with Crippen molar-refractivity contribution in [2.45, 2.75) is 52.6 Å². The van der Waals surface area contributed by atoms with Gasteiger partial charge in [-0.15, -0.1) is 11.3 Å². The molecule has 3 heterocycles. The van der Waals surface area contributed by atoms with Gasteiger partial charge in [-0.05, 0) is 45.6 Å². The van der Waals surface area contributed by atoms with Crippen LogP contribution in [0.4, 0.5) is 0 Å². The number of rotatable bonds is 5. The quantitative estimate of drug-likeness (QED) is 0.766. The summed E-state index contributed by atoms with van der Waals surface area (Å²) in [6.45, 7) is 8.23. The highest BCUT2D eigenvalue weighted by molar-refractivity contribution is 7.20. The molecule has 0 radical (unpaired) electrons. The van der Waals surface area contributed by atoms with E-state index in [9.17, 15) is 9.59 Å². The summed E-state index contributed by atoms with van der Waals surface area (Å²) in [5, 5.41) is 0.567. The van der Waals surface area contributed by atoms with E-state index < -0.39 is 0 Å². The average Bonchev–Trinajstić information content (AvgIpc) is 2.94. The van der Waals surface area contributed by atoms with E-state index in [4.69, 9.17) is 4.74 Å². The highest BCUT2D eigenvalue weighted by Crippen LogP contribution is 2.30. The molecule has 1 unspecified atom stereocenters. The number of ether oxygens (including phenoxy) is 1. The summed E-state index contributed by atoms with van der Waals surface area (Å²) in [7, 11) is 0. The molecule has 1 atom stereocenters. The molecule has 0 aliphatic carbocycles. The maximum atomic E-state index is 13.0. The van der Waals surface area contributed by atoms with Gasteiger partial charge in [0, 0.05) is 19.2 Å². The van der Waals surface area contributed by atoms with Gasteiger partial charge in [-0.2, -0.15) is 0 Å². The molecule has 2 aromatic heterocycles. The minimum atomic E-state index is -0.0933. The maximum Gasteiger partial charge on any atom is 0.264 e. The van der Waals surface area contributed by atoms with Crippen LogP contribution < -0.4 is 5.56 Å². The Balaban J connectivity index is 1.95. The summed E-state index contributed by atoms with van der Waals surface area (Å²) < 4.78 is 6.89. The first kappa shape index (κ1) is 18.1. The molecular formula is C18H25N3O3S. The van der Waals surface area contributed by atoms with Crippen LogP contribution in [0.2, 0.25) is 0 Å². The van der Waals surface area contributed by atoms with Crippen LogP contribution in [0.5, 0.6) is 0 Å². The molecule has 0 saturated carbocycles. The number of likely N-dealkylation sites (tertiary alicyclic amines) is 1. The SMILES string of the molecule is CCOCCn1cnc2sc(C(=O)N3CCCCC3C)c(C)c2c1=O. The van der Waals surface area contributed by atoms with E-state index in [1.807, 2.05) is 18.7 Å². The zero-order valence-corrected chi connectivity index (χ0v) is 15.9. The van der Waals surface area contributed by atoms with Crippen molar-refractivity contribution < 1.29 is 9.53 Å². The Bertz CT molecular complexity index is 827. The molecule has 1 amide bonds. The highest BCUT2D eigenvalue weighted by atomic mass is 32.1. The Morgan fingerprint density at radius 3 is 2.96 bits per heavy atom. The second-order valence-corrected chi connectivity index (χ2v) is 7.52. The summed E-state index contributed by atoms with van der Waals surface area (Å²) in [5.74, 6) is 0.0352. The number of thiophene rings is 1. The predicted molar refractivity (Wildman–Crippen MR) is 99.5 cm³/mol. The molecule has 0 aromatic carbocycles. The van der Waals surface area contributed by atoms with Gasteiger partial charge >= 0.3 is 0 Å². The Labute approximate surface area is 151 Å². The number of carbonyl (C=O) groups is 1. The summed E-state index contributed by atoms with van der Waals surface area (Å²) in [6.07, 6.45) is 4.81. The van der Waals surface area contributed by atoms with Crippen LogP contribution >= 0.6 is 11.3 Å². The van der Waals surface area contributed by atoms with Gasteiger partial charge in [0.1, 0.15) is 4.83 Å². The third kappa shape index (κ3) is 3.48. The van der Waals surface area contributed by atoms with Gasteiger partial charge in [0.15, 0.2) is 0 Å². The fraction of sp³-hybridized carbons (Fsp3) is 0.611. The fourth-order valence-electron chi connectivity index (χ4n) is 3.36. The van der Waals surface area contributed by atoms with Gasteiger partial charge in [0.05, 0.1) is 29.7 Å². The first-order valence-electron chi connectivity index (χ1n) is 8.91. The van der Waals surface area contributed by atoms with E-state index in [0.717, 1.165) is 24.9 Å². The Morgan fingerprint density at radius 2 is 2.24 bits per heavy atom. The van der Waals surface area contributed by atoms with Crippen LogP contribution in [0.3, 0.4) is 0 Å². The van der Waals surface area contributed by atoms with Crippen molar-refractivity contribution in [2.75, 3.05) is 19.8 Å². The number of nitrogens with zero attached hydrogens (tertiary/aromatic N) is 3. The monoisotopic (exact) mass is 363 g/mol. The molecular weight excluding hydrogens is 338 g/mol. The van der Waals surface area contributed by atoms with Crippen LogP contribution in [-0.4, -0.2) is 46.2 Å². The van der Waals surface area contributed by atoms with Gasteiger partial charge in [0.25, 0.3) is 11.5 Å². The first-order chi connectivity index (χ1) is 12.0. The van der Waals surface area contributed by atoms with Crippen molar-refractivity contribution in [3.8, 4) is 0 Å². The molecule has 7 heteroatoms. The number of aryl methyl sites for hydroxylation is 1. The number of hydrogen-bond acceptors (Lipinski definition) is 5. The van der Waals surface area contributed by atoms with Crippen LogP contribution in [0.15, 0.2) is 11.1 Å². The third-order valence-corrected chi connectivity index (χ3v) is 6.04. The number of aromatic nitrogens is 2. The smallest absolute Gasteiger partial charge is 0.264 e. The van der Waals surface area contributed by atoms with Crippen LogP contribution in [0.25, 0.3) is 10.2 Å². The molecule has 0 N–H and O–H groups in total. The van der Waals surface area contributed by atoms with Crippen LogP contribution in [0.1, 0.15) is 48.3 Å². The Kier molecular flexibility index (Phi) is 5.54. The standard InChI is InChI=1S/C18H25N3O3S/c1-4-24-10-9-20-11-19-16-14(17(20)22)13(3)15(25-16)18(23)21-8-6-5-7-12(21)2/h11-12H,4-10H2,1-3H3. The summed E-state index contributed by atoms with van der Waals surface area (Å²) in [6, 6.07) is 0.252. The zero-order valence-electron chi connectivity index (χ0n) is 15.1. The molecule has 1 aliphatic rings. The third-order valence-electron chi connectivity index (χ3n) is 4.86. The molecule has 1 aliphatic heterocycles. The van der Waals surface area contributed by atoms with Gasteiger partial charge in [-0.1, -0.05) is 0 Å². The highest BCUT2D eigenvalue weighted by Gasteiger charge is 2.28. The second-order valence-electron chi connectivity index (χ2n) is 6.52. The average molecular weight is 363 g/mol. The lowest BCUT2D eigenvalue weighted by Crippen LogP contribution is -2.41. The van der Waals surface area contributed by atoms with Crippen molar-refractivity contribution in [2.24, 2.45) is 0 Å². The van der Waals surface area contributed by atoms with Gasteiger partial charge in [0.2, 0.25) is 0 Å². The minimum Gasteiger partial charge on any atom is -0.380 e. The number of amides is 1. The fourth-order valence-corrected chi connectivity index (χ4v) is 4.46. The minimum absolute atomic E-state index is 0.0352. The lowest BCUT2D eigenvalue weighted by atomic mass is 10.0. The molecule has 3 rings (SSSR count). The second kappa shape index (κ2) is 7.66. The molecule has 136 valence electrons. The van der Waals surface area contributed by atoms with E-state index >= 15 is 0 Å². The van der Waals surface area contributed by atoms with Crippen molar-refractivity contribution in [1.82, 2.24) is 14.5 Å². The van der Waals surface area contributed by atoms with Gasteiger partial charge in [-0.3, -0.25) is 14.2 Å². The van der Waals surface area contributed by atoms with E-state index in [1.54, 1.807) is 10.9 Å². The number of hydrogen-bond donors (Lipinski definition) is 0. The zero-order chi connectivity index (χ0) is 18.0. The molecule has 0 bridgehead atoms. The normalized spacial score (nSPS) is 18.0. The van der Waals surface area contributed by atoms with Gasteiger partial charge < -0.3 is 9.64 Å². The largest absolute Gasteiger partial charge is 0.380 e. The van der Waals surface area contributed by atoms with E-state index in [2.05, 4.69) is 11.9 Å². The molecule has 0 spiro atoms. The summed E-state index contributed by atoms with van der Waals surface area (Å²) in [5.41, 5.74) is 0.662. The number of piperidine rings is 1. The molecule has 25 heavy (non-hydrogen) atoms. The summed E-state index contributed by atoms with van der Waals surface area (Å²) in [4.78, 5) is 33.4. The molecule has 2 aromatic rings. The van der Waals surface area contributed by atoms with Crippen LogP contribution in [0, 0.1) is 6.92 Å². The molecule has 6 nitrogen and oxygen atoms in total. The van der Waals surface area contributed by atoms with Crippen LogP contribution in [-0.2, 0) is 11.3 Å². The molecule has 1 saturated heterocycles. The van der Waals surface area contributed by atoms with E-state index in [1.165, 1.54) is 17.8 Å². The lowest BCUT2D eigenvalue weighted by molar-refractivity contribution is 0.0640. The lowest BCUT2D eigenvalue weighted by Gasteiger charge is -2.33.